The van der Waals surface area contributed by atoms with Crippen molar-refractivity contribution in [2.45, 2.75) is 51.2 Å². The fraction of sp³-hybridized carbons (Fsp3) is 0.588. The summed E-state index contributed by atoms with van der Waals surface area (Å²) in [6.07, 6.45) is 10.2. The second-order valence-electron chi connectivity index (χ2n) is 6.70. The number of anilines is 1. The highest BCUT2D eigenvalue weighted by atomic mass is 16.5. The van der Waals surface area contributed by atoms with Crippen molar-refractivity contribution in [2.24, 2.45) is 0 Å². The normalized spacial score (nSPS) is 19.9. The molecule has 0 unspecified atom stereocenters. The minimum absolute atomic E-state index is 0.593. The molecule has 0 amide bonds. The molecule has 1 aliphatic carbocycles. The third-order valence-corrected chi connectivity index (χ3v) is 4.83. The second-order valence-corrected chi connectivity index (χ2v) is 6.70. The van der Waals surface area contributed by atoms with Gasteiger partial charge in [0.2, 0.25) is 0 Å². The third-order valence-electron chi connectivity index (χ3n) is 4.83. The summed E-state index contributed by atoms with van der Waals surface area (Å²) in [7, 11) is 0. The van der Waals surface area contributed by atoms with Crippen LogP contribution in [0, 0.1) is 6.92 Å². The standard InChI is InChI=1S/C17H23N5O/c1-13-8-17(19-12-18-13)22(15-2-3-15)16-4-6-21(7-5-16)10-14-9-20-23-11-14/h8-9,11-12,15-16H,2-7,10H2,1H3. The molecular weight excluding hydrogens is 290 g/mol. The maximum atomic E-state index is 4.93. The molecule has 4 rings (SSSR count). The summed E-state index contributed by atoms with van der Waals surface area (Å²) < 4.78 is 4.93. The van der Waals surface area contributed by atoms with E-state index in [1.165, 1.54) is 25.7 Å². The van der Waals surface area contributed by atoms with Crippen molar-refractivity contribution in [3.63, 3.8) is 0 Å². The molecule has 1 saturated heterocycles. The molecule has 0 spiro atoms. The Labute approximate surface area is 136 Å². The Morgan fingerprint density at radius 3 is 2.61 bits per heavy atom. The molecular formula is C17H23N5O. The van der Waals surface area contributed by atoms with Gasteiger partial charge in [0, 0.05) is 49.0 Å². The van der Waals surface area contributed by atoms with E-state index in [2.05, 4.69) is 31.0 Å². The smallest absolute Gasteiger partial charge is 0.132 e. The molecule has 1 aliphatic heterocycles. The van der Waals surface area contributed by atoms with Crippen LogP contribution in [-0.2, 0) is 6.54 Å². The molecule has 23 heavy (non-hydrogen) atoms. The van der Waals surface area contributed by atoms with Gasteiger partial charge in [-0.1, -0.05) is 5.16 Å². The molecule has 3 heterocycles. The summed E-state index contributed by atoms with van der Waals surface area (Å²) in [4.78, 5) is 13.8. The Kier molecular flexibility index (Phi) is 3.99. The number of rotatable bonds is 5. The van der Waals surface area contributed by atoms with Crippen LogP contribution in [0.15, 0.2) is 29.4 Å². The van der Waals surface area contributed by atoms with Crippen LogP contribution in [0.25, 0.3) is 0 Å². The van der Waals surface area contributed by atoms with E-state index in [4.69, 9.17) is 4.52 Å². The lowest BCUT2D eigenvalue weighted by molar-refractivity contribution is 0.200. The predicted octanol–water partition coefficient (Wildman–Crippen LogP) is 2.41. The van der Waals surface area contributed by atoms with Crippen LogP contribution < -0.4 is 4.90 Å². The van der Waals surface area contributed by atoms with Crippen LogP contribution in [0.4, 0.5) is 5.82 Å². The fourth-order valence-electron chi connectivity index (χ4n) is 3.53. The Bertz CT molecular complexity index is 632. The van der Waals surface area contributed by atoms with E-state index >= 15 is 0 Å². The highest BCUT2D eigenvalue weighted by Gasteiger charge is 2.36. The summed E-state index contributed by atoms with van der Waals surface area (Å²) in [5.41, 5.74) is 2.21. The minimum Gasteiger partial charge on any atom is -0.364 e. The first-order valence-corrected chi connectivity index (χ1v) is 8.47. The molecule has 2 fully saturated rings. The van der Waals surface area contributed by atoms with Gasteiger partial charge in [-0.2, -0.15) is 0 Å². The number of hydrogen-bond acceptors (Lipinski definition) is 6. The van der Waals surface area contributed by atoms with Gasteiger partial charge in [-0.3, -0.25) is 4.90 Å². The van der Waals surface area contributed by atoms with Crippen LogP contribution in [0.1, 0.15) is 36.9 Å². The molecule has 0 radical (unpaired) electrons. The van der Waals surface area contributed by atoms with Crippen molar-refractivity contribution in [3.8, 4) is 0 Å². The average Bonchev–Trinajstić information content (AvgIpc) is 3.25. The molecule has 0 aromatic carbocycles. The predicted molar refractivity (Wildman–Crippen MR) is 87.1 cm³/mol. The summed E-state index contributed by atoms with van der Waals surface area (Å²) in [5, 5.41) is 3.79. The van der Waals surface area contributed by atoms with Crippen molar-refractivity contribution in [2.75, 3.05) is 18.0 Å². The highest BCUT2D eigenvalue weighted by molar-refractivity contribution is 5.43. The summed E-state index contributed by atoms with van der Waals surface area (Å²) in [6.45, 7) is 5.20. The Hall–Kier alpha value is -1.95. The molecule has 2 aliphatic rings. The molecule has 122 valence electrons. The monoisotopic (exact) mass is 313 g/mol. The molecule has 2 aromatic heterocycles. The van der Waals surface area contributed by atoms with Crippen LogP contribution in [0.5, 0.6) is 0 Å². The van der Waals surface area contributed by atoms with Gasteiger partial charge in [-0.25, -0.2) is 9.97 Å². The maximum absolute atomic E-state index is 4.93. The van der Waals surface area contributed by atoms with Crippen molar-refractivity contribution < 1.29 is 4.52 Å². The van der Waals surface area contributed by atoms with Gasteiger partial charge < -0.3 is 9.42 Å². The van der Waals surface area contributed by atoms with Crippen LogP contribution in [0.2, 0.25) is 0 Å². The largest absolute Gasteiger partial charge is 0.364 e. The highest BCUT2D eigenvalue weighted by Crippen LogP contribution is 2.35. The molecule has 0 bridgehead atoms. The first-order valence-electron chi connectivity index (χ1n) is 8.47. The van der Waals surface area contributed by atoms with Gasteiger partial charge in [-0.05, 0) is 32.6 Å². The lowest BCUT2D eigenvalue weighted by atomic mass is 10.0. The van der Waals surface area contributed by atoms with Crippen molar-refractivity contribution in [1.82, 2.24) is 20.0 Å². The fourth-order valence-corrected chi connectivity index (χ4v) is 3.53. The number of piperidine rings is 1. The first-order chi connectivity index (χ1) is 11.3. The lowest BCUT2D eigenvalue weighted by Crippen LogP contribution is -2.46. The maximum Gasteiger partial charge on any atom is 0.132 e. The van der Waals surface area contributed by atoms with Crippen molar-refractivity contribution in [3.05, 3.63) is 36.1 Å². The van der Waals surface area contributed by atoms with Gasteiger partial charge in [-0.15, -0.1) is 0 Å². The van der Waals surface area contributed by atoms with E-state index in [1.807, 2.05) is 13.1 Å². The molecule has 1 saturated carbocycles. The molecule has 0 atom stereocenters. The van der Waals surface area contributed by atoms with Gasteiger partial charge in [0.25, 0.3) is 0 Å². The number of aryl methyl sites for hydroxylation is 1. The van der Waals surface area contributed by atoms with E-state index in [0.717, 1.165) is 36.7 Å². The number of hydrogen-bond donors (Lipinski definition) is 0. The van der Waals surface area contributed by atoms with Crippen molar-refractivity contribution >= 4 is 5.82 Å². The van der Waals surface area contributed by atoms with Gasteiger partial charge in [0.05, 0.1) is 6.20 Å². The Morgan fingerprint density at radius 2 is 1.96 bits per heavy atom. The third kappa shape index (κ3) is 3.37. The minimum atomic E-state index is 0.593. The van der Waals surface area contributed by atoms with Crippen molar-refractivity contribution in [1.29, 1.82) is 0 Å². The number of aromatic nitrogens is 3. The van der Waals surface area contributed by atoms with E-state index in [0.29, 0.717) is 12.1 Å². The van der Waals surface area contributed by atoms with Gasteiger partial charge in [0.1, 0.15) is 18.4 Å². The summed E-state index contributed by atoms with van der Waals surface area (Å²) in [5.74, 6) is 1.11. The Balaban J connectivity index is 1.41. The molecule has 2 aromatic rings. The van der Waals surface area contributed by atoms with Gasteiger partial charge in [0.15, 0.2) is 0 Å². The topological polar surface area (TPSA) is 58.3 Å². The SMILES string of the molecule is Cc1cc(N(C2CC2)C2CCN(Cc3cnoc3)CC2)ncn1. The van der Waals surface area contributed by atoms with E-state index in [9.17, 15) is 0 Å². The average molecular weight is 313 g/mol. The quantitative estimate of drug-likeness (QED) is 0.845. The van der Waals surface area contributed by atoms with Crippen LogP contribution >= 0.6 is 0 Å². The zero-order chi connectivity index (χ0) is 15.6. The molecule has 6 nitrogen and oxygen atoms in total. The molecule has 6 heteroatoms. The summed E-state index contributed by atoms with van der Waals surface area (Å²) in [6, 6.07) is 3.40. The van der Waals surface area contributed by atoms with E-state index < -0.39 is 0 Å². The summed E-state index contributed by atoms with van der Waals surface area (Å²) >= 11 is 0. The zero-order valence-corrected chi connectivity index (χ0v) is 13.6. The zero-order valence-electron chi connectivity index (χ0n) is 13.6. The van der Waals surface area contributed by atoms with Gasteiger partial charge >= 0.3 is 0 Å². The number of nitrogens with zero attached hydrogens (tertiary/aromatic N) is 5. The second kappa shape index (κ2) is 6.28. The Morgan fingerprint density at radius 1 is 1.17 bits per heavy atom. The van der Waals surface area contributed by atoms with E-state index in [1.54, 1.807) is 12.6 Å². The lowest BCUT2D eigenvalue weighted by Gasteiger charge is -2.39. The van der Waals surface area contributed by atoms with Crippen LogP contribution in [-0.4, -0.2) is 45.2 Å². The number of likely N-dealkylation sites (tertiary alicyclic amines) is 1. The molecule has 0 N–H and O–H groups in total. The van der Waals surface area contributed by atoms with E-state index in [-0.39, 0.29) is 0 Å². The van der Waals surface area contributed by atoms with Crippen LogP contribution in [0.3, 0.4) is 0 Å². The first kappa shape index (κ1) is 14.6.